The molecule has 0 spiro atoms. The van der Waals surface area contributed by atoms with Gasteiger partial charge < -0.3 is 19.7 Å². The summed E-state index contributed by atoms with van der Waals surface area (Å²) in [6.45, 7) is 9.35. The summed E-state index contributed by atoms with van der Waals surface area (Å²) in [6.07, 6.45) is 0. The standard InChI is InChI=1S/C19H32N4O2/c1-16(23-11-12-24-15-17(23)2)14-21-19(20-3)22(4)10-13-25-18-8-6-5-7-9-18/h5-9,16-17H,10-15H2,1-4H3,(H,20,21). The first-order valence-corrected chi connectivity index (χ1v) is 9.05. The second-order valence-corrected chi connectivity index (χ2v) is 6.52. The van der Waals surface area contributed by atoms with E-state index >= 15 is 0 Å². The van der Waals surface area contributed by atoms with Crippen LogP contribution in [0.2, 0.25) is 0 Å². The molecular formula is C19H32N4O2. The minimum Gasteiger partial charge on any atom is -0.492 e. The molecule has 1 heterocycles. The summed E-state index contributed by atoms with van der Waals surface area (Å²) in [5.41, 5.74) is 0. The molecule has 1 aliphatic rings. The van der Waals surface area contributed by atoms with Crippen LogP contribution in [-0.2, 0) is 4.74 Å². The van der Waals surface area contributed by atoms with Crippen molar-refractivity contribution in [1.82, 2.24) is 15.1 Å². The molecule has 1 fully saturated rings. The lowest BCUT2D eigenvalue weighted by atomic mass is 10.2. The van der Waals surface area contributed by atoms with Gasteiger partial charge in [0.05, 0.1) is 19.8 Å². The third kappa shape index (κ3) is 6.21. The molecular weight excluding hydrogens is 316 g/mol. The van der Waals surface area contributed by atoms with Crippen LogP contribution in [0.3, 0.4) is 0 Å². The van der Waals surface area contributed by atoms with E-state index in [4.69, 9.17) is 9.47 Å². The van der Waals surface area contributed by atoms with Crippen LogP contribution in [0.4, 0.5) is 0 Å². The van der Waals surface area contributed by atoms with Crippen molar-refractivity contribution >= 4 is 5.96 Å². The van der Waals surface area contributed by atoms with Gasteiger partial charge in [0.15, 0.2) is 5.96 Å². The van der Waals surface area contributed by atoms with E-state index in [9.17, 15) is 0 Å². The maximum absolute atomic E-state index is 5.76. The predicted octanol–water partition coefficient (Wildman–Crippen LogP) is 1.68. The van der Waals surface area contributed by atoms with Crippen LogP contribution in [0.15, 0.2) is 35.3 Å². The Bertz CT molecular complexity index is 523. The fourth-order valence-electron chi connectivity index (χ4n) is 3.06. The maximum Gasteiger partial charge on any atom is 0.193 e. The fourth-order valence-corrected chi connectivity index (χ4v) is 3.06. The normalized spacial score (nSPS) is 20.2. The van der Waals surface area contributed by atoms with Gasteiger partial charge in [0.2, 0.25) is 0 Å². The zero-order valence-electron chi connectivity index (χ0n) is 15.9. The number of benzene rings is 1. The lowest BCUT2D eigenvalue weighted by Crippen LogP contribution is -2.53. The number of para-hydroxylation sites is 1. The van der Waals surface area contributed by atoms with E-state index in [1.54, 1.807) is 0 Å². The van der Waals surface area contributed by atoms with Crippen LogP contribution >= 0.6 is 0 Å². The maximum atomic E-state index is 5.76. The first-order valence-electron chi connectivity index (χ1n) is 9.05. The molecule has 0 aromatic heterocycles. The molecule has 2 atom stereocenters. The van der Waals surface area contributed by atoms with Crippen LogP contribution in [-0.4, -0.2) is 81.4 Å². The monoisotopic (exact) mass is 348 g/mol. The number of rotatable bonds is 7. The van der Waals surface area contributed by atoms with Gasteiger partial charge in [0.25, 0.3) is 0 Å². The van der Waals surface area contributed by atoms with Crippen LogP contribution in [0.25, 0.3) is 0 Å². The highest BCUT2D eigenvalue weighted by Gasteiger charge is 2.23. The average molecular weight is 348 g/mol. The fraction of sp³-hybridized carbons (Fsp3) is 0.632. The third-order valence-electron chi connectivity index (χ3n) is 4.55. The van der Waals surface area contributed by atoms with Crippen molar-refractivity contribution in [3.8, 4) is 5.75 Å². The molecule has 0 saturated carbocycles. The molecule has 25 heavy (non-hydrogen) atoms. The van der Waals surface area contributed by atoms with Gasteiger partial charge >= 0.3 is 0 Å². The molecule has 0 bridgehead atoms. The zero-order valence-corrected chi connectivity index (χ0v) is 15.9. The summed E-state index contributed by atoms with van der Waals surface area (Å²) in [5.74, 6) is 1.79. The second-order valence-electron chi connectivity index (χ2n) is 6.52. The van der Waals surface area contributed by atoms with E-state index in [1.165, 1.54) is 0 Å². The Morgan fingerprint density at radius 3 is 2.88 bits per heavy atom. The van der Waals surface area contributed by atoms with Gasteiger partial charge in [-0.25, -0.2) is 0 Å². The van der Waals surface area contributed by atoms with E-state index in [0.29, 0.717) is 18.7 Å². The van der Waals surface area contributed by atoms with Crippen molar-refractivity contribution in [2.45, 2.75) is 25.9 Å². The Hall–Kier alpha value is -1.79. The van der Waals surface area contributed by atoms with Crippen molar-refractivity contribution in [1.29, 1.82) is 0 Å². The Kier molecular flexibility index (Phi) is 8.01. The van der Waals surface area contributed by atoms with Crippen molar-refractivity contribution in [3.05, 3.63) is 30.3 Å². The Morgan fingerprint density at radius 1 is 1.44 bits per heavy atom. The lowest BCUT2D eigenvalue weighted by Gasteiger charge is -2.38. The first kappa shape index (κ1) is 19.5. The Labute approximate surface area is 151 Å². The number of ether oxygens (including phenoxy) is 2. The van der Waals surface area contributed by atoms with Gasteiger partial charge in [-0.2, -0.15) is 0 Å². The molecule has 1 aromatic carbocycles. The molecule has 1 N–H and O–H groups in total. The first-order chi connectivity index (χ1) is 12.1. The molecule has 1 saturated heterocycles. The zero-order chi connectivity index (χ0) is 18.1. The predicted molar refractivity (Wildman–Crippen MR) is 102 cm³/mol. The SMILES string of the molecule is CN=C(NCC(C)N1CCOCC1C)N(C)CCOc1ccccc1. The van der Waals surface area contributed by atoms with Crippen molar-refractivity contribution in [3.63, 3.8) is 0 Å². The van der Waals surface area contributed by atoms with Crippen LogP contribution in [0.5, 0.6) is 5.75 Å². The van der Waals surface area contributed by atoms with Gasteiger partial charge in [-0.3, -0.25) is 9.89 Å². The largest absolute Gasteiger partial charge is 0.492 e. The van der Waals surface area contributed by atoms with Crippen molar-refractivity contribution in [2.24, 2.45) is 4.99 Å². The number of hydrogen-bond acceptors (Lipinski definition) is 4. The number of aliphatic imine (C=N–C) groups is 1. The number of morpholine rings is 1. The number of likely N-dealkylation sites (N-methyl/N-ethyl adjacent to an activating group) is 1. The van der Waals surface area contributed by atoms with Crippen LogP contribution < -0.4 is 10.1 Å². The molecule has 0 amide bonds. The number of nitrogens with one attached hydrogen (secondary N) is 1. The van der Waals surface area contributed by atoms with Gasteiger partial charge in [-0.15, -0.1) is 0 Å². The van der Waals surface area contributed by atoms with Crippen molar-refractivity contribution < 1.29 is 9.47 Å². The summed E-state index contributed by atoms with van der Waals surface area (Å²) in [4.78, 5) is 8.97. The molecule has 0 aliphatic carbocycles. The van der Waals surface area contributed by atoms with Gasteiger partial charge in [0, 0.05) is 39.3 Å². The van der Waals surface area contributed by atoms with E-state index in [1.807, 2.05) is 44.4 Å². The minimum atomic E-state index is 0.435. The number of nitrogens with zero attached hydrogens (tertiary/aromatic N) is 3. The number of guanidine groups is 1. The third-order valence-corrected chi connectivity index (χ3v) is 4.55. The highest BCUT2D eigenvalue weighted by atomic mass is 16.5. The van der Waals surface area contributed by atoms with E-state index < -0.39 is 0 Å². The summed E-state index contributed by atoms with van der Waals surface area (Å²) < 4.78 is 11.3. The quantitative estimate of drug-likeness (QED) is 0.600. The number of hydrogen-bond donors (Lipinski definition) is 1. The van der Waals surface area contributed by atoms with Gasteiger partial charge in [-0.1, -0.05) is 18.2 Å². The Morgan fingerprint density at radius 2 is 2.20 bits per heavy atom. The lowest BCUT2D eigenvalue weighted by molar-refractivity contribution is -0.0175. The molecule has 1 aromatic rings. The smallest absolute Gasteiger partial charge is 0.193 e. The van der Waals surface area contributed by atoms with E-state index in [2.05, 4.69) is 34.0 Å². The van der Waals surface area contributed by atoms with E-state index in [0.717, 1.165) is 44.6 Å². The van der Waals surface area contributed by atoms with Gasteiger partial charge in [0.1, 0.15) is 12.4 Å². The Balaban J connectivity index is 1.73. The highest BCUT2D eigenvalue weighted by molar-refractivity contribution is 5.79. The second kappa shape index (κ2) is 10.3. The van der Waals surface area contributed by atoms with Crippen LogP contribution in [0, 0.1) is 0 Å². The molecule has 2 rings (SSSR count). The molecule has 6 heteroatoms. The van der Waals surface area contributed by atoms with Crippen LogP contribution in [0.1, 0.15) is 13.8 Å². The van der Waals surface area contributed by atoms with Gasteiger partial charge in [-0.05, 0) is 26.0 Å². The summed E-state index contributed by atoms with van der Waals surface area (Å²) >= 11 is 0. The van der Waals surface area contributed by atoms with E-state index in [-0.39, 0.29) is 0 Å². The topological polar surface area (TPSA) is 49.3 Å². The summed E-state index contributed by atoms with van der Waals surface area (Å²) in [6, 6.07) is 10.8. The highest BCUT2D eigenvalue weighted by Crippen LogP contribution is 2.10. The summed E-state index contributed by atoms with van der Waals surface area (Å²) in [5, 5.41) is 3.47. The molecule has 140 valence electrons. The average Bonchev–Trinajstić information content (AvgIpc) is 2.63. The minimum absolute atomic E-state index is 0.435. The molecule has 0 radical (unpaired) electrons. The molecule has 2 unspecified atom stereocenters. The molecule has 1 aliphatic heterocycles. The van der Waals surface area contributed by atoms with Crippen molar-refractivity contribution in [2.75, 3.05) is 53.6 Å². The molecule has 6 nitrogen and oxygen atoms in total. The summed E-state index contributed by atoms with van der Waals surface area (Å²) in [7, 11) is 3.85.